The third kappa shape index (κ3) is 1.42. The van der Waals surface area contributed by atoms with Gasteiger partial charge < -0.3 is 15.2 Å². The van der Waals surface area contributed by atoms with Gasteiger partial charge in [0.25, 0.3) is 0 Å². The Labute approximate surface area is 81.6 Å². The highest BCUT2D eigenvalue weighted by Gasteiger charge is 2.20. The Kier molecular flexibility index (Phi) is 2.29. The molecule has 1 aliphatic rings. The fraction of sp³-hybridized carbons (Fsp3) is 0.400. The van der Waals surface area contributed by atoms with Gasteiger partial charge in [-0.05, 0) is 6.07 Å². The lowest BCUT2D eigenvalue weighted by atomic mass is 10.0. The molecule has 76 valence electrons. The van der Waals surface area contributed by atoms with Crippen LogP contribution >= 0.6 is 0 Å². The van der Waals surface area contributed by atoms with E-state index < -0.39 is 5.82 Å². The Morgan fingerprint density at radius 1 is 1.57 bits per heavy atom. The van der Waals surface area contributed by atoms with Gasteiger partial charge in [-0.25, -0.2) is 4.39 Å². The fourth-order valence-electron chi connectivity index (χ4n) is 1.57. The molecule has 1 aromatic rings. The first-order valence-corrected chi connectivity index (χ1v) is 4.48. The molecule has 0 aromatic heterocycles. The van der Waals surface area contributed by atoms with Gasteiger partial charge in [-0.2, -0.15) is 0 Å². The third-order valence-electron chi connectivity index (χ3n) is 2.37. The average molecular weight is 197 g/mol. The molecule has 0 radical (unpaired) electrons. The second-order valence-electron chi connectivity index (χ2n) is 3.27. The van der Waals surface area contributed by atoms with E-state index in [1.54, 1.807) is 6.07 Å². The number of hydrogen-bond donors (Lipinski definition) is 1. The molecule has 1 aromatic carbocycles. The lowest BCUT2D eigenvalue weighted by Crippen LogP contribution is -2.20. The summed E-state index contributed by atoms with van der Waals surface area (Å²) >= 11 is 0. The van der Waals surface area contributed by atoms with Crippen LogP contribution in [0.5, 0.6) is 11.5 Å². The zero-order valence-electron chi connectivity index (χ0n) is 7.92. The zero-order valence-corrected chi connectivity index (χ0v) is 7.92. The van der Waals surface area contributed by atoms with E-state index in [1.807, 2.05) is 0 Å². The lowest BCUT2D eigenvalue weighted by molar-refractivity contribution is 0.265. The first kappa shape index (κ1) is 9.27. The monoisotopic (exact) mass is 197 g/mol. The third-order valence-corrected chi connectivity index (χ3v) is 2.37. The topological polar surface area (TPSA) is 44.5 Å². The molecular formula is C10H12FNO2. The molecule has 0 spiro atoms. The van der Waals surface area contributed by atoms with Gasteiger partial charge in [0, 0.05) is 24.1 Å². The van der Waals surface area contributed by atoms with Crippen molar-refractivity contribution < 1.29 is 13.9 Å². The van der Waals surface area contributed by atoms with Gasteiger partial charge in [-0.15, -0.1) is 0 Å². The quantitative estimate of drug-likeness (QED) is 0.744. The summed E-state index contributed by atoms with van der Waals surface area (Å²) in [7, 11) is 1.43. The molecule has 3 nitrogen and oxygen atoms in total. The van der Waals surface area contributed by atoms with E-state index in [2.05, 4.69) is 0 Å². The molecule has 14 heavy (non-hydrogen) atoms. The summed E-state index contributed by atoms with van der Waals surface area (Å²) in [6.45, 7) is 0.542. The zero-order chi connectivity index (χ0) is 10.1. The van der Waals surface area contributed by atoms with Crippen LogP contribution in [-0.2, 0) is 0 Å². The van der Waals surface area contributed by atoms with Crippen LogP contribution in [0.4, 0.5) is 4.39 Å². The van der Waals surface area contributed by atoms with Gasteiger partial charge >= 0.3 is 0 Å². The average Bonchev–Trinajstić information content (AvgIpc) is 2.17. The number of hydrogen-bond acceptors (Lipinski definition) is 3. The van der Waals surface area contributed by atoms with Crippen molar-refractivity contribution in [2.24, 2.45) is 5.73 Å². The van der Waals surface area contributed by atoms with Crippen LogP contribution < -0.4 is 15.2 Å². The number of halogens is 1. The minimum atomic E-state index is -0.416. The summed E-state index contributed by atoms with van der Waals surface area (Å²) in [6, 6.07) is 2.84. The molecule has 1 heterocycles. The Balaban J connectivity index is 2.49. The Hall–Kier alpha value is -1.29. The van der Waals surface area contributed by atoms with Gasteiger partial charge in [0.1, 0.15) is 5.75 Å². The minimum Gasteiger partial charge on any atom is -0.494 e. The first-order chi connectivity index (χ1) is 6.72. The molecule has 0 fully saturated rings. The molecule has 0 amide bonds. The normalized spacial score (nSPS) is 19.8. The number of nitrogens with two attached hydrogens (primary N) is 1. The smallest absolute Gasteiger partial charge is 0.168 e. The minimum absolute atomic E-state index is 0.0896. The van der Waals surface area contributed by atoms with Crippen LogP contribution in [0.1, 0.15) is 18.0 Å². The summed E-state index contributed by atoms with van der Waals surface area (Å²) in [5, 5.41) is 0. The maximum Gasteiger partial charge on any atom is 0.168 e. The molecule has 0 aliphatic carbocycles. The van der Waals surface area contributed by atoms with Crippen molar-refractivity contribution in [2.45, 2.75) is 12.5 Å². The molecule has 2 rings (SSSR count). The second-order valence-corrected chi connectivity index (χ2v) is 3.27. The predicted octanol–water partition coefficient (Wildman–Crippen LogP) is 1.62. The van der Waals surface area contributed by atoms with Gasteiger partial charge in [-0.3, -0.25) is 0 Å². The number of rotatable bonds is 1. The van der Waals surface area contributed by atoms with E-state index in [9.17, 15) is 4.39 Å². The Morgan fingerprint density at radius 3 is 3.07 bits per heavy atom. The van der Waals surface area contributed by atoms with Crippen molar-refractivity contribution in [3.05, 3.63) is 23.5 Å². The maximum atomic E-state index is 13.3. The van der Waals surface area contributed by atoms with Gasteiger partial charge in [0.05, 0.1) is 13.7 Å². The SMILES string of the molecule is COc1cc2c(cc1F)OCC[C@H]2N. The van der Waals surface area contributed by atoms with Crippen molar-refractivity contribution >= 4 is 0 Å². The van der Waals surface area contributed by atoms with Crippen molar-refractivity contribution in [2.75, 3.05) is 13.7 Å². The number of methoxy groups -OCH3 is 1. The Bertz CT molecular complexity index is 354. The molecule has 2 N–H and O–H groups in total. The number of benzene rings is 1. The van der Waals surface area contributed by atoms with Crippen molar-refractivity contribution in [3.8, 4) is 11.5 Å². The molecule has 0 saturated carbocycles. The van der Waals surface area contributed by atoms with Crippen molar-refractivity contribution in [1.29, 1.82) is 0 Å². The highest BCUT2D eigenvalue weighted by atomic mass is 19.1. The summed E-state index contributed by atoms with van der Waals surface area (Å²) in [6.07, 6.45) is 0.752. The van der Waals surface area contributed by atoms with E-state index in [0.717, 1.165) is 12.0 Å². The summed E-state index contributed by atoms with van der Waals surface area (Å²) in [4.78, 5) is 0. The van der Waals surface area contributed by atoms with E-state index in [-0.39, 0.29) is 11.8 Å². The molecule has 1 aliphatic heterocycles. The second kappa shape index (κ2) is 3.46. The molecule has 0 unspecified atom stereocenters. The van der Waals surface area contributed by atoms with Gasteiger partial charge in [0.2, 0.25) is 0 Å². The van der Waals surface area contributed by atoms with Crippen LogP contribution in [0.3, 0.4) is 0 Å². The van der Waals surface area contributed by atoms with Gasteiger partial charge in [-0.1, -0.05) is 0 Å². The largest absolute Gasteiger partial charge is 0.494 e. The first-order valence-electron chi connectivity index (χ1n) is 4.48. The standard InChI is InChI=1S/C10H12FNO2/c1-13-10-4-6-8(12)2-3-14-9(6)5-7(10)11/h4-5,8H,2-3,12H2,1H3/t8-/m1/s1. The van der Waals surface area contributed by atoms with E-state index in [4.69, 9.17) is 15.2 Å². The molecule has 0 bridgehead atoms. The van der Waals surface area contributed by atoms with Crippen LogP contribution in [0, 0.1) is 5.82 Å². The van der Waals surface area contributed by atoms with E-state index in [1.165, 1.54) is 13.2 Å². The highest BCUT2D eigenvalue weighted by molar-refractivity contribution is 5.44. The van der Waals surface area contributed by atoms with E-state index in [0.29, 0.717) is 12.4 Å². The van der Waals surface area contributed by atoms with Crippen LogP contribution in [0.15, 0.2) is 12.1 Å². The summed E-state index contributed by atoms with van der Waals surface area (Å²) in [5.74, 6) is 0.326. The van der Waals surface area contributed by atoms with E-state index >= 15 is 0 Å². The van der Waals surface area contributed by atoms with Crippen molar-refractivity contribution in [1.82, 2.24) is 0 Å². The van der Waals surface area contributed by atoms with Crippen molar-refractivity contribution in [3.63, 3.8) is 0 Å². The Morgan fingerprint density at radius 2 is 2.36 bits per heavy atom. The number of fused-ring (bicyclic) bond motifs is 1. The molecule has 0 saturated heterocycles. The molecule has 4 heteroatoms. The van der Waals surface area contributed by atoms with Crippen LogP contribution in [0.25, 0.3) is 0 Å². The fourth-order valence-corrected chi connectivity index (χ4v) is 1.57. The molecule has 1 atom stereocenters. The maximum absolute atomic E-state index is 13.3. The number of ether oxygens (including phenoxy) is 2. The highest BCUT2D eigenvalue weighted by Crippen LogP contribution is 2.35. The molecular weight excluding hydrogens is 185 g/mol. The predicted molar refractivity (Wildman–Crippen MR) is 50.0 cm³/mol. The summed E-state index contributed by atoms with van der Waals surface area (Å²) < 4.78 is 23.4. The van der Waals surface area contributed by atoms with Gasteiger partial charge in [0.15, 0.2) is 11.6 Å². The lowest BCUT2D eigenvalue weighted by Gasteiger charge is -2.23. The van der Waals surface area contributed by atoms with Crippen LogP contribution in [-0.4, -0.2) is 13.7 Å². The van der Waals surface area contributed by atoms with Crippen LogP contribution in [0.2, 0.25) is 0 Å². The summed E-state index contributed by atoms with van der Waals surface area (Å²) in [5.41, 5.74) is 6.68.